The zero-order valence-electron chi connectivity index (χ0n) is 15.5. The zero-order valence-corrected chi connectivity index (χ0v) is 15.5. The molecule has 1 heterocycles. The highest BCUT2D eigenvalue weighted by molar-refractivity contribution is 5.95. The number of hydrogen-bond donors (Lipinski definition) is 3. The van der Waals surface area contributed by atoms with Crippen LogP contribution >= 0.6 is 0 Å². The van der Waals surface area contributed by atoms with Gasteiger partial charge in [-0.3, -0.25) is 15.4 Å². The van der Waals surface area contributed by atoms with Crippen LogP contribution in [-0.4, -0.2) is 34.7 Å². The van der Waals surface area contributed by atoms with E-state index in [0.717, 1.165) is 19.3 Å². The van der Waals surface area contributed by atoms with Gasteiger partial charge in [-0.1, -0.05) is 38.8 Å². The third kappa shape index (κ3) is 5.81. The van der Waals surface area contributed by atoms with E-state index in [-0.39, 0.29) is 30.5 Å². The number of nitrogens with one attached hydrogen (secondary N) is 3. The van der Waals surface area contributed by atoms with E-state index in [4.69, 9.17) is 4.52 Å². The van der Waals surface area contributed by atoms with Gasteiger partial charge in [0.2, 0.25) is 11.8 Å². The standard InChI is InChI=1S/C17H29N5O3/c1-10(2)15(16-19-12(4)22-25-16)18-9-14(23)21-17(24)20-13-8-6-5-7-11(13)3/h10-11,13,15,18H,5-9H2,1-4H3,(H2,20,21,23,24)/t11-,13+,15-/m1/s1. The van der Waals surface area contributed by atoms with E-state index >= 15 is 0 Å². The number of carbonyl (C=O) groups excluding carboxylic acids is 2. The molecule has 0 radical (unpaired) electrons. The first kappa shape index (κ1) is 19.4. The van der Waals surface area contributed by atoms with Gasteiger partial charge < -0.3 is 9.84 Å². The molecule has 1 saturated carbocycles. The first-order valence-corrected chi connectivity index (χ1v) is 9.00. The average molecular weight is 351 g/mol. The Balaban J connectivity index is 1.79. The summed E-state index contributed by atoms with van der Waals surface area (Å²) in [5.74, 6) is 1.21. The van der Waals surface area contributed by atoms with Crippen LogP contribution in [0.25, 0.3) is 0 Å². The van der Waals surface area contributed by atoms with Crippen molar-refractivity contribution in [3.05, 3.63) is 11.7 Å². The summed E-state index contributed by atoms with van der Waals surface area (Å²) in [5.41, 5.74) is 0. The molecule has 3 atom stereocenters. The molecule has 8 heteroatoms. The summed E-state index contributed by atoms with van der Waals surface area (Å²) in [6.45, 7) is 7.86. The predicted molar refractivity (Wildman–Crippen MR) is 92.7 cm³/mol. The fraction of sp³-hybridized carbons (Fsp3) is 0.765. The van der Waals surface area contributed by atoms with E-state index in [1.54, 1.807) is 6.92 Å². The molecule has 3 amide bonds. The zero-order chi connectivity index (χ0) is 18.4. The van der Waals surface area contributed by atoms with Crippen molar-refractivity contribution in [3.63, 3.8) is 0 Å². The summed E-state index contributed by atoms with van der Waals surface area (Å²) >= 11 is 0. The maximum absolute atomic E-state index is 12.0. The topological polar surface area (TPSA) is 109 Å². The molecule has 1 aromatic heterocycles. The molecule has 1 aliphatic rings. The lowest BCUT2D eigenvalue weighted by Crippen LogP contribution is -2.49. The molecule has 1 aliphatic carbocycles. The quantitative estimate of drug-likeness (QED) is 0.724. The summed E-state index contributed by atoms with van der Waals surface area (Å²) in [6, 6.07) is -0.534. The number of carbonyl (C=O) groups is 2. The highest BCUT2D eigenvalue weighted by atomic mass is 16.5. The fourth-order valence-electron chi connectivity index (χ4n) is 3.16. The smallest absolute Gasteiger partial charge is 0.321 e. The van der Waals surface area contributed by atoms with Crippen molar-refractivity contribution in [2.24, 2.45) is 11.8 Å². The van der Waals surface area contributed by atoms with Crippen molar-refractivity contribution in [3.8, 4) is 0 Å². The largest absolute Gasteiger partial charge is 0.338 e. The van der Waals surface area contributed by atoms with Gasteiger partial charge >= 0.3 is 6.03 Å². The van der Waals surface area contributed by atoms with Gasteiger partial charge in [-0.25, -0.2) is 4.79 Å². The molecule has 0 saturated heterocycles. The Hall–Kier alpha value is -1.96. The van der Waals surface area contributed by atoms with E-state index in [1.807, 2.05) is 13.8 Å². The Morgan fingerprint density at radius 2 is 2.00 bits per heavy atom. The molecule has 2 rings (SSSR count). The molecule has 25 heavy (non-hydrogen) atoms. The second kappa shape index (κ2) is 8.94. The Kier molecular flexibility index (Phi) is 6.92. The summed E-state index contributed by atoms with van der Waals surface area (Å²) in [4.78, 5) is 28.3. The van der Waals surface area contributed by atoms with Crippen LogP contribution in [0.15, 0.2) is 4.52 Å². The Labute approximate surface area is 148 Å². The molecule has 0 spiro atoms. The van der Waals surface area contributed by atoms with Gasteiger partial charge in [-0.05, 0) is 31.6 Å². The van der Waals surface area contributed by atoms with Gasteiger partial charge in [0.25, 0.3) is 0 Å². The van der Waals surface area contributed by atoms with Crippen LogP contribution < -0.4 is 16.0 Å². The Morgan fingerprint density at radius 1 is 1.28 bits per heavy atom. The molecule has 140 valence electrons. The van der Waals surface area contributed by atoms with Crippen molar-refractivity contribution in [1.29, 1.82) is 0 Å². The van der Waals surface area contributed by atoms with Crippen molar-refractivity contribution >= 4 is 11.9 Å². The molecule has 0 aromatic carbocycles. The number of aromatic nitrogens is 2. The second-order valence-electron chi connectivity index (χ2n) is 7.17. The van der Waals surface area contributed by atoms with Gasteiger partial charge in [-0.15, -0.1) is 0 Å². The average Bonchev–Trinajstić information content (AvgIpc) is 2.95. The number of hydrogen-bond acceptors (Lipinski definition) is 6. The molecular weight excluding hydrogens is 322 g/mol. The highest BCUT2D eigenvalue weighted by Crippen LogP contribution is 2.23. The van der Waals surface area contributed by atoms with E-state index in [1.165, 1.54) is 6.42 Å². The molecule has 3 N–H and O–H groups in total. The molecule has 1 aromatic rings. The van der Waals surface area contributed by atoms with E-state index < -0.39 is 6.03 Å². The van der Waals surface area contributed by atoms with E-state index in [9.17, 15) is 9.59 Å². The minimum atomic E-state index is -0.430. The van der Waals surface area contributed by atoms with Gasteiger partial charge in [0, 0.05) is 6.04 Å². The van der Waals surface area contributed by atoms with Crippen LogP contribution in [0.1, 0.15) is 64.2 Å². The number of amides is 3. The minimum absolute atomic E-state index is 0.00207. The lowest BCUT2D eigenvalue weighted by atomic mass is 9.86. The second-order valence-corrected chi connectivity index (χ2v) is 7.17. The maximum Gasteiger partial charge on any atom is 0.321 e. The monoisotopic (exact) mass is 351 g/mol. The molecular formula is C17H29N5O3. The molecule has 8 nitrogen and oxygen atoms in total. The van der Waals surface area contributed by atoms with Crippen LogP contribution in [0.2, 0.25) is 0 Å². The summed E-state index contributed by atoms with van der Waals surface area (Å²) in [6.07, 6.45) is 4.40. The number of imide groups is 1. The Morgan fingerprint density at radius 3 is 2.60 bits per heavy atom. The van der Waals surface area contributed by atoms with Crippen LogP contribution in [0.3, 0.4) is 0 Å². The number of rotatable bonds is 6. The maximum atomic E-state index is 12.0. The van der Waals surface area contributed by atoms with Gasteiger partial charge in [0.05, 0.1) is 12.6 Å². The minimum Gasteiger partial charge on any atom is -0.338 e. The van der Waals surface area contributed by atoms with Gasteiger partial charge in [0.15, 0.2) is 5.82 Å². The predicted octanol–water partition coefficient (Wildman–Crippen LogP) is 2.07. The highest BCUT2D eigenvalue weighted by Gasteiger charge is 2.25. The van der Waals surface area contributed by atoms with Gasteiger partial charge in [-0.2, -0.15) is 4.98 Å². The third-order valence-electron chi connectivity index (χ3n) is 4.64. The number of aryl methyl sites for hydroxylation is 1. The van der Waals surface area contributed by atoms with Crippen LogP contribution in [0, 0.1) is 18.8 Å². The van der Waals surface area contributed by atoms with E-state index in [2.05, 4.69) is 33.0 Å². The lowest BCUT2D eigenvalue weighted by molar-refractivity contribution is -0.119. The third-order valence-corrected chi connectivity index (χ3v) is 4.64. The number of nitrogens with zero attached hydrogens (tertiary/aromatic N) is 2. The first-order valence-electron chi connectivity index (χ1n) is 9.00. The normalized spacial score (nSPS) is 21.8. The summed E-state index contributed by atoms with van der Waals surface area (Å²) in [7, 11) is 0. The first-order chi connectivity index (χ1) is 11.9. The summed E-state index contributed by atoms with van der Waals surface area (Å²) < 4.78 is 5.18. The van der Waals surface area contributed by atoms with Crippen LogP contribution in [-0.2, 0) is 4.79 Å². The fourth-order valence-corrected chi connectivity index (χ4v) is 3.16. The van der Waals surface area contributed by atoms with Crippen molar-refractivity contribution in [2.45, 2.75) is 65.5 Å². The molecule has 0 bridgehead atoms. The van der Waals surface area contributed by atoms with Crippen molar-refractivity contribution in [1.82, 2.24) is 26.1 Å². The van der Waals surface area contributed by atoms with Gasteiger partial charge in [0.1, 0.15) is 0 Å². The lowest BCUT2D eigenvalue weighted by Gasteiger charge is -2.29. The SMILES string of the molecule is Cc1noc([C@H](NCC(=O)NC(=O)N[C@H]2CCCC[C@H]2C)C(C)C)n1. The molecule has 0 unspecified atom stereocenters. The van der Waals surface area contributed by atoms with E-state index in [0.29, 0.717) is 17.6 Å². The van der Waals surface area contributed by atoms with Crippen LogP contribution in [0.5, 0.6) is 0 Å². The van der Waals surface area contributed by atoms with Crippen molar-refractivity contribution < 1.29 is 14.1 Å². The molecule has 1 fully saturated rings. The number of urea groups is 1. The summed E-state index contributed by atoms with van der Waals surface area (Å²) in [5, 5.41) is 12.1. The van der Waals surface area contributed by atoms with Crippen molar-refractivity contribution in [2.75, 3.05) is 6.54 Å². The Bertz CT molecular complexity index is 587. The molecule has 0 aliphatic heterocycles. The van der Waals surface area contributed by atoms with Crippen LogP contribution in [0.4, 0.5) is 4.79 Å².